The molecule has 4 aromatic rings. The molecule has 36 heavy (non-hydrogen) atoms. The second-order valence-electron chi connectivity index (χ2n) is 9.66. The normalized spacial score (nSPS) is 11.4. The van der Waals surface area contributed by atoms with Crippen LogP contribution in [0.25, 0.3) is 22.3 Å². The van der Waals surface area contributed by atoms with E-state index in [0.29, 0.717) is 29.7 Å². The molecule has 9 nitrogen and oxygen atoms in total. The van der Waals surface area contributed by atoms with E-state index in [1.165, 1.54) is 11.1 Å². The molecule has 0 aliphatic rings. The first-order chi connectivity index (χ1) is 17.2. The molecule has 190 valence electrons. The fraction of sp³-hybridized carbons (Fsp3) is 0.407. The predicted octanol–water partition coefficient (Wildman–Crippen LogP) is 4.29. The zero-order chi connectivity index (χ0) is 25.8. The second kappa shape index (κ2) is 10.8. The number of aromatic nitrogens is 5. The molecule has 0 spiro atoms. The van der Waals surface area contributed by atoms with E-state index in [9.17, 15) is 4.79 Å². The van der Waals surface area contributed by atoms with Crippen LogP contribution in [0.15, 0.2) is 36.5 Å². The summed E-state index contributed by atoms with van der Waals surface area (Å²) in [4.78, 5) is 16.9. The third kappa shape index (κ3) is 5.67. The number of carbonyl (C=O) groups is 1. The average Bonchev–Trinajstić information content (AvgIpc) is 3.46. The van der Waals surface area contributed by atoms with Crippen LogP contribution < -0.4 is 14.8 Å². The molecule has 0 saturated heterocycles. The number of methoxy groups -OCH3 is 1. The minimum absolute atomic E-state index is 0.0528. The largest absolute Gasteiger partial charge is 0.493 e. The van der Waals surface area contributed by atoms with Crippen LogP contribution in [0.1, 0.15) is 44.6 Å². The Bertz CT molecular complexity index is 1360. The monoisotopic (exact) mass is 490 g/mol. The lowest BCUT2D eigenvalue weighted by Crippen LogP contribution is -2.34. The number of benzene rings is 2. The van der Waals surface area contributed by atoms with Gasteiger partial charge in [0.25, 0.3) is 5.91 Å². The maximum atomic E-state index is 12.0. The van der Waals surface area contributed by atoms with E-state index in [0.717, 1.165) is 28.8 Å². The van der Waals surface area contributed by atoms with Crippen LogP contribution in [-0.4, -0.2) is 50.6 Å². The van der Waals surface area contributed by atoms with Gasteiger partial charge in [0, 0.05) is 30.0 Å². The van der Waals surface area contributed by atoms with Gasteiger partial charge in [0.2, 0.25) is 0 Å². The molecule has 2 aromatic heterocycles. The van der Waals surface area contributed by atoms with E-state index in [2.05, 4.69) is 48.4 Å². The van der Waals surface area contributed by atoms with Crippen LogP contribution >= 0.6 is 0 Å². The highest BCUT2D eigenvalue weighted by atomic mass is 16.5. The molecule has 2 N–H and O–H groups in total. The van der Waals surface area contributed by atoms with Crippen molar-refractivity contribution < 1.29 is 14.3 Å². The van der Waals surface area contributed by atoms with E-state index in [1.54, 1.807) is 13.2 Å². The van der Waals surface area contributed by atoms with Crippen LogP contribution in [0.4, 0.5) is 0 Å². The molecule has 0 aliphatic carbocycles. The number of fused-ring (bicyclic) bond motifs is 1. The molecular formula is C27H34N6O3. The number of H-pyrrole nitrogens is 1. The molecule has 0 aliphatic heterocycles. The molecule has 0 saturated carbocycles. The number of nitrogens with one attached hydrogen (secondary N) is 2. The molecule has 0 atom stereocenters. The van der Waals surface area contributed by atoms with Crippen molar-refractivity contribution in [3.8, 4) is 22.9 Å². The summed E-state index contributed by atoms with van der Waals surface area (Å²) < 4.78 is 13.2. The number of amides is 1. The number of carbonyl (C=O) groups excluding carboxylic acids is 1. The summed E-state index contributed by atoms with van der Waals surface area (Å²) in [7, 11) is 1.57. The Hall–Kier alpha value is -3.88. The molecule has 4 rings (SSSR count). The Labute approximate surface area is 211 Å². The van der Waals surface area contributed by atoms with Crippen molar-refractivity contribution in [1.82, 2.24) is 30.3 Å². The van der Waals surface area contributed by atoms with E-state index < -0.39 is 0 Å². The highest BCUT2D eigenvalue weighted by Gasteiger charge is 2.17. The quantitative estimate of drug-likeness (QED) is 0.343. The summed E-state index contributed by atoms with van der Waals surface area (Å²) in [6.45, 7) is 10.9. The summed E-state index contributed by atoms with van der Waals surface area (Å²) >= 11 is 0. The van der Waals surface area contributed by atoms with Gasteiger partial charge in [-0.3, -0.25) is 9.89 Å². The summed E-state index contributed by atoms with van der Waals surface area (Å²) in [5.74, 6) is 2.76. The number of rotatable bonds is 10. The van der Waals surface area contributed by atoms with Crippen LogP contribution in [0.3, 0.4) is 0 Å². The lowest BCUT2D eigenvalue weighted by Gasteiger charge is -2.12. The number of nitrogens with zero attached hydrogens (tertiary/aromatic N) is 4. The van der Waals surface area contributed by atoms with E-state index >= 15 is 0 Å². The highest BCUT2D eigenvalue weighted by Crippen LogP contribution is 2.32. The molecule has 1 amide bonds. The van der Waals surface area contributed by atoms with Crippen molar-refractivity contribution in [3.63, 3.8) is 0 Å². The Balaban J connectivity index is 1.61. The number of hydrogen-bond donors (Lipinski definition) is 2. The van der Waals surface area contributed by atoms with Crippen molar-refractivity contribution in [1.29, 1.82) is 0 Å². The maximum Gasteiger partial charge on any atom is 0.258 e. The van der Waals surface area contributed by atoms with Gasteiger partial charge >= 0.3 is 0 Å². The molecule has 0 unspecified atom stereocenters. The summed E-state index contributed by atoms with van der Waals surface area (Å²) in [5.41, 5.74) is 4.22. The van der Waals surface area contributed by atoms with Gasteiger partial charge in [0.1, 0.15) is 5.82 Å². The predicted molar refractivity (Wildman–Crippen MR) is 139 cm³/mol. The van der Waals surface area contributed by atoms with Crippen molar-refractivity contribution in [2.75, 3.05) is 13.7 Å². The van der Waals surface area contributed by atoms with Crippen LogP contribution in [-0.2, 0) is 17.8 Å². The maximum absolute atomic E-state index is 12.0. The zero-order valence-electron chi connectivity index (χ0n) is 21.8. The van der Waals surface area contributed by atoms with Crippen molar-refractivity contribution >= 4 is 16.8 Å². The minimum atomic E-state index is -0.182. The lowest BCUT2D eigenvalue weighted by molar-refractivity contribution is -0.123. The van der Waals surface area contributed by atoms with Crippen molar-refractivity contribution in [2.45, 2.75) is 53.6 Å². The van der Waals surface area contributed by atoms with Gasteiger partial charge in [-0.2, -0.15) is 10.2 Å². The summed E-state index contributed by atoms with van der Waals surface area (Å²) in [6, 6.07) is 9.75. The van der Waals surface area contributed by atoms with Crippen LogP contribution in [0.2, 0.25) is 0 Å². The van der Waals surface area contributed by atoms with Crippen molar-refractivity contribution in [2.24, 2.45) is 5.92 Å². The zero-order valence-corrected chi connectivity index (χ0v) is 21.8. The smallest absolute Gasteiger partial charge is 0.258 e. The summed E-state index contributed by atoms with van der Waals surface area (Å²) in [5, 5.41) is 16.0. The number of aryl methyl sites for hydroxylation is 1. The van der Waals surface area contributed by atoms with Gasteiger partial charge in [-0.05, 0) is 62.1 Å². The Kier molecular flexibility index (Phi) is 7.57. The number of hydrogen-bond acceptors (Lipinski definition) is 6. The van der Waals surface area contributed by atoms with E-state index in [-0.39, 0.29) is 18.6 Å². The molecular weight excluding hydrogens is 456 g/mol. The van der Waals surface area contributed by atoms with E-state index in [4.69, 9.17) is 19.6 Å². The highest BCUT2D eigenvalue weighted by molar-refractivity contribution is 5.82. The third-order valence-corrected chi connectivity index (χ3v) is 5.87. The minimum Gasteiger partial charge on any atom is -0.493 e. The second-order valence-corrected chi connectivity index (χ2v) is 9.66. The number of aromatic amines is 1. The van der Waals surface area contributed by atoms with Gasteiger partial charge in [0.15, 0.2) is 23.9 Å². The molecule has 0 bridgehead atoms. The summed E-state index contributed by atoms with van der Waals surface area (Å²) in [6.07, 6.45) is 2.52. The molecule has 2 heterocycles. The van der Waals surface area contributed by atoms with Gasteiger partial charge in [-0.1, -0.05) is 19.9 Å². The van der Waals surface area contributed by atoms with E-state index in [1.807, 2.05) is 36.9 Å². The Morgan fingerprint density at radius 3 is 2.67 bits per heavy atom. The lowest BCUT2D eigenvalue weighted by atomic mass is 10.0. The Morgan fingerprint density at radius 2 is 1.94 bits per heavy atom. The molecule has 0 fully saturated rings. The Morgan fingerprint density at radius 1 is 1.14 bits per heavy atom. The third-order valence-electron chi connectivity index (χ3n) is 5.87. The van der Waals surface area contributed by atoms with Gasteiger partial charge < -0.3 is 14.8 Å². The first-order valence-corrected chi connectivity index (χ1v) is 12.2. The molecule has 0 radical (unpaired) electrons. The molecule has 9 heteroatoms. The SMILES string of the molecule is COc1cc(-c2nc(Cc3ccc4[nH]ncc4c3C)n(CC(C)C)n2)ccc1OCC(=O)NC(C)C. The fourth-order valence-electron chi connectivity index (χ4n) is 4.12. The number of ether oxygens (including phenoxy) is 2. The molecule has 2 aromatic carbocycles. The van der Waals surface area contributed by atoms with Gasteiger partial charge in [0.05, 0.1) is 18.8 Å². The topological polar surface area (TPSA) is 107 Å². The average molecular weight is 491 g/mol. The van der Waals surface area contributed by atoms with Crippen molar-refractivity contribution in [3.05, 3.63) is 53.5 Å². The fourth-order valence-corrected chi connectivity index (χ4v) is 4.12. The first kappa shape index (κ1) is 25.2. The van der Waals surface area contributed by atoms with Crippen LogP contribution in [0, 0.1) is 12.8 Å². The standard InChI is InChI=1S/C27H34N6O3/c1-16(2)14-33-25(12-19-7-9-22-21(18(19)5)13-28-31-22)30-27(32-33)20-8-10-23(24(11-20)35-6)36-15-26(34)29-17(3)4/h7-11,13,16-17H,12,14-15H2,1-6H3,(H,28,31)(H,29,34). The van der Waals surface area contributed by atoms with Gasteiger partial charge in [-0.15, -0.1) is 0 Å². The van der Waals surface area contributed by atoms with Gasteiger partial charge in [-0.25, -0.2) is 9.67 Å². The first-order valence-electron chi connectivity index (χ1n) is 12.2. The van der Waals surface area contributed by atoms with Crippen LogP contribution in [0.5, 0.6) is 11.5 Å².